The minimum absolute atomic E-state index is 0.162. The van der Waals surface area contributed by atoms with E-state index >= 15 is 0 Å². The van der Waals surface area contributed by atoms with E-state index in [1.807, 2.05) is 18.2 Å². The molecule has 0 aliphatic carbocycles. The number of aliphatic hydroxyl groups excluding tert-OH is 1. The number of benzene rings is 1. The Bertz CT molecular complexity index is 351. The lowest BCUT2D eigenvalue weighted by Crippen LogP contribution is -2.31. The smallest absolute Gasteiger partial charge is 0.251 e. The van der Waals surface area contributed by atoms with Gasteiger partial charge >= 0.3 is 0 Å². The highest BCUT2D eigenvalue weighted by atomic mass is 16.3. The zero-order chi connectivity index (χ0) is 12.0. The van der Waals surface area contributed by atoms with E-state index < -0.39 is 6.10 Å². The van der Waals surface area contributed by atoms with Gasteiger partial charge in [0.15, 0.2) is 0 Å². The van der Waals surface area contributed by atoms with Crippen LogP contribution in [0.5, 0.6) is 0 Å². The second-order valence-electron chi connectivity index (χ2n) is 3.75. The van der Waals surface area contributed by atoms with Gasteiger partial charge in [0, 0.05) is 12.1 Å². The standard InChI is InChI=1S/C12H18N2O2/c1-9(15)8-14-12(16)11-5-3-2-4-10(11)6-7-13/h2-5,9,15H,6-8,13H2,1H3,(H,14,16). The van der Waals surface area contributed by atoms with Crippen LogP contribution >= 0.6 is 0 Å². The molecular weight excluding hydrogens is 204 g/mol. The molecule has 0 aliphatic rings. The highest BCUT2D eigenvalue weighted by Crippen LogP contribution is 2.08. The van der Waals surface area contributed by atoms with Crippen molar-refractivity contribution in [2.24, 2.45) is 5.73 Å². The number of nitrogens with two attached hydrogens (primary N) is 1. The number of carbonyl (C=O) groups is 1. The van der Waals surface area contributed by atoms with Crippen molar-refractivity contribution in [3.8, 4) is 0 Å². The molecule has 0 heterocycles. The van der Waals surface area contributed by atoms with Gasteiger partial charge in [-0.1, -0.05) is 18.2 Å². The van der Waals surface area contributed by atoms with Gasteiger partial charge in [-0.25, -0.2) is 0 Å². The van der Waals surface area contributed by atoms with E-state index in [1.165, 1.54) is 0 Å². The third-order valence-corrected chi connectivity index (χ3v) is 2.23. The Morgan fingerprint density at radius 1 is 1.50 bits per heavy atom. The maximum atomic E-state index is 11.8. The molecule has 0 saturated heterocycles. The fraction of sp³-hybridized carbons (Fsp3) is 0.417. The van der Waals surface area contributed by atoms with E-state index in [0.29, 0.717) is 18.5 Å². The lowest BCUT2D eigenvalue weighted by Gasteiger charge is -2.10. The molecule has 1 atom stereocenters. The number of nitrogens with one attached hydrogen (secondary N) is 1. The minimum atomic E-state index is -0.536. The van der Waals surface area contributed by atoms with Crippen LogP contribution in [0.15, 0.2) is 24.3 Å². The first-order valence-corrected chi connectivity index (χ1v) is 5.39. The van der Waals surface area contributed by atoms with Crippen LogP contribution in [0.1, 0.15) is 22.8 Å². The van der Waals surface area contributed by atoms with Crippen molar-refractivity contribution >= 4 is 5.91 Å². The maximum absolute atomic E-state index is 11.8. The summed E-state index contributed by atoms with van der Waals surface area (Å²) in [6, 6.07) is 7.36. The summed E-state index contributed by atoms with van der Waals surface area (Å²) in [5, 5.41) is 11.8. The highest BCUT2D eigenvalue weighted by molar-refractivity contribution is 5.95. The van der Waals surface area contributed by atoms with Gasteiger partial charge in [0.2, 0.25) is 0 Å². The zero-order valence-corrected chi connectivity index (χ0v) is 9.44. The summed E-state index contributed by atoms with van der Waals surface area (Å²) in [5.74, 6) is -0.162. The molecule has 0 radical (unpaired) electrons. The lowest BCUT2D eigenvalue weighted by atomic mass is 10.0. The largest absolute Gasteiger partial charge is 0.392 e. The SMILES string of the molecule is CC(O)CNC(=O)c1ccccc1CCN. The summed E-state index contributed by atoms with van der Waals surface area (Å²) in [5.41, 5.74) is 7.05. The van der Waals surface area contributed by atoms with Gasteiger partial charge in [0.25, 0.3) is 5.91 Å². The summed E-state index contributed by atoms with van der Waals surface area (Å²) >= 11 is 0. The molecule has 0 fully saturated rings. The first-order valence-electron chi connectivity index (χ1n) is 5.39. The Balaban J connectivity index is 2.73. The second-order valence-corrected chi connectivity index (χ2v) is 3.75. The third-order valence-electron chi connectivity index (χ3n) is 2.23. The van der Waals surface area contributed by atoms with Gasteiger partial charge in [0.05, 0.1) is 6.10 Å². The van der Waals surface area contributed by atoms with Crippen LogP contribution in [-0.4, -0.2) is 30.2 Å². The molecule has 0 bridgehead atoms. The molecule has 4 nitrogen and oxygen atoms in total. The number of aliphatic hydroxyl groups is 1. The molecule has 0 aromatic heterocycles. The van der Waals surface area contributed by atoms with Gasteiger partial charge in [0.1, 0.15) is 0 Å². The number of carbonyl (C=O) groups excluding carboxylic acids is 1. The monoisotopic (exact) mass is 222 g/mol. The fourth-order valence-electron chi connectivity index (χ4n) is 1.45. The predicted molar refractivity (Wildman–Crippen MR) is 63.2 cm³/mol. The quantitative estimate of drug-likeness (QED) is 0.670. The zero-order valence-electron chi connectivity index (χ0n) is 9.44. The van der Waals surface area contributed by atoms with Gasteiger partial charge in [-0.05, 0) is 31.5 Å². The van der Waals surface area contributed by atoms with Crippen LogP contribution < -0.4 is 11.1 Å². The molecule has 4 N–H and O–H groups in total. The molecule has 1 aromatic carbocycles. The fourth-order valence-corrected chi connectivity index (χ4v) is 1.45. The van der Waals surface area contributed by atoms with Gasteiger partial charge in [-0.15, -0.1) is 0 Å². The van der Waals surface area contributed by atoms with E-state index in [4.69, 9.17) is 10.8 Å². The van der Waals surface area contributed by atoms with Gasteiger partial charge in [-0.3, -0.25) is 4.79 Å². The van der Waals surface area contributed by atoms with Crippen molar-refractivity contribution in [3.05, 3.63) is 35.4 Å². The van der Waals surface area contributed by atoms with Crippen molar-refractivity contribution < 1.29 is 9.90 Å². The van der Waals surface area contributed by atoms with Crippen molar-refractivity contribution in [1.82, 2.24) is 5.32 Å². The first kappa shape index (κ1) is 12.7. The Morgan fingerprint density at radius 2 is 2.19 bits per heavy atom. The number of hydrogen-bond donors (Lipinski definition) is 3. The topological polar surface area (TPSA) is 75.3 Å². The Hall–Kier alpha value is -1.39. The molecule has 16 heavy (non-hydrogen) atoms. The van der Waals surface area contributed by atoms with Gasteiger partial charge in [-0.2, -0.15) is 0 Å². The van der Waals surface area contributed by atoms with Crippen LogP contribution in [0.25, 0.3) is 0 Å². The minimum Gasteiger partial charge on any atom is -0.392 e. The molecular formula is C12H18N2O2. The maximum Gasteiger partial charge on any atom is 0.251 e. The Morgan fingerprint density at radius 3 is 2.81 bits per heavy atom. The van der Waals surface area contributed by atoms with E-state index in [1.54, 1.807) is 13.0 Å². The number of amides is 1. The van der Waals surface area contributed by atoms with Crippen LogP contribution in [0.4, 0.5) is 0 Å². The van der Waals surface area contributed by atoms with Crippen molar-refractivity contribution in [1.29, 1.82) is 0 Å². The van der Waals surface area contributed by atoms with Crippen LogP contribution in [-0.2, 0) is 6.42 Å². The summed E-state index contributed by atoms with van der Waals surface area (Å²) in [7, 11) is 0. The number of rotatable bonds is 5. The average molecular weight is 222 g/mol. The summed E-state index contributed by atoms with van der Waals surface area (Å²) in [6.45, 7) is 2.41. The van der Waals surface area contributed by atoms with E-state index in [9.17, 15) is 4.79 Å². The normalized spacial score (nSPS) is 12.2. The molecule has 0 aliphatic heterocycles. The average Bonchev–Trinajstić information content (AvgIpc) is 2.27. The van der Waals surface area contributed by atoms with Crippen molar-refractivity contribution in [2.45, 2.75) is 19.4 Å². The summed E-state index contributed by atoms with van der Waals surface area (Å²) in [6.07, 6.45) is 0.142. The highest BCUT2D eigenvalue weighted by Gasteiger charge is 2.10. The lowest BCUT2D eigenvalue weighted by molar-refractivity contribution is 0.0923. The molecule has 1 amide bonds. The van der Waals surface area contributed by atoms with E-state index in [2.05, 4.69) is 5.32 Å². The third kappa shape index (κ3) is 3.64. The van der Waals surface area contributed by atoms with Crippen LogP contribution in [0.2, 0.25) is 0 Å². The molecule has 1 unspecified atom stereocenters. The molecule has 1 rings (SSSR count). The van der Waals surface area contributed by atoms with Gasteiger partial charge < -0.3 is 16.2 Å². The second kappa shape index (κ2) is 6.25. The Kier molecular flexibility index (Phi) is 4.95. The predicted octanol–water partition coefficient (Wildman–Crippen LogP) is 0.298. The van der Waals surface area contributed by atoms with E-state index in [0.717, 1.165) is 5.56 Å². The molecule has 0 spiro atoms. The van der Waals surface area contributed by atoms with E-state index in [-0.39, 0.29) is 12.5 Å². The summed E-state index contributed by atoms with van der Waals surface area (Å²) in [4.78, 5) is 11.8. The van der Waals surface area contributed by atoms with Crippen LogP contribution in [0.3, 0.4) is 0 Å². The summed E-state index contributed by atoms with van der Waals surface area (Å²) < 4.78 is 0. The van der Waals surface area contributed by atoms with Crippen LogP contribution in [0, 0.1) is 0 Å². The van der Waals surface area contributed by atoms with Crippen molar-refractivity contribution in [3.63, 3.8) is 0 Å². The number of hydrogen-bond acceptors (Lipinski definition) is 3. The van der Waals surface area contributed by atoms with Crippen molar-refractivity contribution in [2.75, 3.05) is 13.1 Å². The Labute approximate surface area is 95.5 Å². The molecule has 88 valence electrons. The molecule has 0 saturated carbocycles. The molecule has 4 heteroatoms. The molecule has 1 aromatic rings. The first-order chi connectivity index (χ1) is 7.65.